The molecule has 1 saturated heterocycles. The van der Waals surface area contributed by atoms with Crippen LogP contribution in [-0.4, -0.2) is 42.5 Å². The first-order chi connectivity index (χ1) is 7.20. The molecule has 0 radical (unpaired) electrons. The number of hydrogen-bond donors (Lipinski definition) is 2. The minimum atomic E-state index is 0.171. The highest BCUT2D eigenvalue weighted by molar-refractivity contribution is 5.78. The number of amides is 1. The predicted molar refractivity (Wildman–Crippen MR) is 59.4 cm³/mol. The van der Waals surface area contributed by atoms with Crippen LogP contribution >= 0.6 is 0 Å². The zero-order chi connectivity index (χ0) is 10.8. The maximum Gasteiger partial charge on any atom is 0.234 e. The lowest BCUT2D eigenvalue weighted by atomic mass is 10.0. The van der Waals surface area contributed by atoms with Gasteiger partial charge in [-0.1, -0.05) is 6.92 Å². The first kappa shape index (κ1) is 10.9. The molecule has 3 N–H and O–H groups in total. The molecule has 15 heavy (non-hydrogen) atoms. The zero-order valence-electron chi connectivity index (χ0n) is 9.41. The van der Waals surface area contributed by atoms with E-state index in [4.69, 9.17) is 5.73 Å². The lowest BCUT2D eigenvalue weighted by molar-refractivity contribution is -0.122. The first-order valence-electron chi connectivity index (χ1n) is 5.94. The van der Waals surface area contributed by atoms with Gasteiger partial charge >= 0.3 is 0 Å². The van der Waals surface area contributed by atoms with Gasteiger partial charge in [0, 0.05) is 18.6 Å². The van der Waals surface area contributed by atoms with Gasteiger partial charge in [-0.05, 0) is 31.7 Å². The lowest BCUT2D eigenvalue weighted by Gasteiger charge is -2.24. The van der Waals surface area contributed by atoms with E-state index in [1.54, 1.807) is 0 Å². The number of nitrogens with zero attached hydrogens (tertiary/aromatic N) is 1. The Morgan fingerprint density at radius 3 is 2.80 bits per heavy atom. The Hall–Kier alpha value is -0.610. The Balaban J connectivity index is 1.79. The van der Waals surface area contributed by atoms with Crippen molar-refractivity contribution in [3.8, 4) is 0 Å². The number of rotatable bonds is 4. The molecule has 2 fully saturated rings. The third kappa shape index (κ3) is 2.69. The second-order valence-corrected chi connectivity index (χ2v) is 4.88. The molecule has 0 spiro atoms. The molecule has 0 aromatic heterocycles. The lowest BCUT2D eigenvalue weighted by Crippen LogP contribution is -2.44. The van der Waals surface area contributed by atoms with Crippen LogP contribution in [0.3, 0.4) is 0 Å². The SMILES string of the molecule is CC1CCN(CC(=O)NC2CC2)C1CN. The van der Waals surface area contributed by atoms with Crippen molar-refractivity contribution in [3.63, 3.8) is 0 Å². The molecule has 86 valence electrons. The highest BCUT2D eigenvalue weighted by Crippen LogP contribution is 2.23. The van der Waals surface area contributed by atoms with Crippen molar-refractivity contribution in [2.45, 2.75) is 38.3 Å². The van der Waals surface area contributed by atoms with Crippen molar-refractivity contribution in [3.05, 3.63) is 0 Å². The molecule has 4 nitrogen and oxygen atoms in total. The highest BCUT2D eigenvalue weighted by Gasteiger charge is 2.32. The van der Waals surface area contributed by atoms with Crippen LogP contribution in [0.1, 0.15) is 26.2 Å². The molecular weight excluding hydrogens is 190 g/mol. The summed E-state index contributed by atoms with van der Waals surface area (Å²) in [4.78, 5) is 13.8. The second-order valence-electron chi connectivity index (χ2n) is 4.88. The van der Waals surface area contributed by atoms with Gasteiger partial charge in [0.1, 0.15) is 0 Å². The maximum atomic E-state index is 11.6. The Morgan fingerprint density at radius 2 is 2.20 bits per heavy atom. The number of carbonyl (C=O) groups is 1. The number of nitrogens with two attached hydrogens (primary N) is 1. The van der Waals surface area contributed by atoms with E-state index in [-0.39, 0.29) is 5.91 Å². The van der Waals surface area contributed by atoms with Crippen LogP contribution in [-0.2, 0) is 4.79 Å². The third-order valence-electron chi connectivity index (χ3n) is 3.53. The summed E-state index contributed by atoms with van der Waals surface area (Å²) in [5.41, 5.74) is 5.73. The van der Waals surface area contributed by atoms with E-state index >= 15 is 0 Å². The first-order valence-corrected chi connectivity index (χ1v) is 5.94. The Morgan fingerprint density at radius 1 is 1.47 bits per heavy atom. The molecule has 2 aliphatic rings. The van der Waals surface area contributed by atoms with E-state index < -0.39 is 0 Å². The van der Waals surface area contributed by atoms with E-state index in [0.717, 1.165) is 19.4 Å². The number of hydrogen-bond acceptors (Lipinski definition) is 3. The Bertz CT molecular complexity index is 240. The maximum absolute atomic E-state index is 11.6. The number of likely N-dealkylation sites (tertiary alicyclic amines) is 1. The highest BCUT2D eigenvalue weighted by atomic mass is 16.2. The van der Waals surface area contributed by atoms with E-state index in [2.05, 4.69) is 17.1 Å². The quantitative estimate of drug-likeness (QED) is 0.684. The fraction of sp³-hybridized carbons (Fsp3) is 0.909. The smallest absolute Gasteiger partial charge is 0.234 e. The Labute approximate surface area is 91.2 Å². The molecule has 0 bridgehead atoms. The molecule has 1 aliphatic carbocycles. The van der Waals surface area contributed by atoms with Gasteiger partial charge in [0.25, 0.3) is 0 Å². The third-order valence-corrected chi connectivity index (χ3v) is 3.53. The molecule has 1 heterocycles. The van der Waals surface area contributed by atoms with Crippen LogP contribution in [0.15, 0.2) is 0 Å². The molecule has 0 aromatic rings. The zero-order valence-corrected chi connectivity index (χ0v) is 9.41. The van der Waals surface area contributed by atoms with Gasteiger partial charge in [0.2, 0.25) is 5.91 Å². The van der Waals surface area contributed by atoms with Crippen molar-refractivity contribution in [2.24, 2.45) is 11.7 Å². The molecule has 1 saturated carbocycles. The van der Waals surface area contributed by atoms with Crippen molar-refractivity contribution in [1.29, 1.82) is 0 Å². The summed E-state index contributed by atoms with van der Waals surface area (Å²) < 4.78 is 0. The van der Waals surface area contributed by atoms with Gasteiger partial charge in [-0.2, -0.15) is 0 Å². The van der Waals surface area contributed by atoms with Crippen LogP contribution < -0.4 is 11.1 Å². The van der Waals surface area contributed by atoms with Gasteiger partial charge in [0.15, 0.2) is 0 Å². The molecule has 2 atom stereocenters. The second kappa shape index (κ2) is 4.49. The number of nitrogens with one attached hydrogen (secondary N) is 1. The summed E-state index contributed by atoms with van der Waals surface area (Å²) in [6, 6.07) is 0.865. The summed E-state index contributed by atoms with van der Waals surface area (Å²) in [6.07, 6.45) is 3.48. The monoisotopic (exact) mass is 211 g/mol. The van der Waals surface area contributed by atoms with Crippen LogP contribution in [0.4, 0.5) is 0 Å². The van der Waals surface area contributed by atoms with Gasteiger partial charge in [-0.25, -0.2) is 0 Å². The van der Waals surface area contributed by atoms with Gasteiger partial charge < -0.3 is 11.1 Å². The minimum absolute atomic E-state index is 0.171. The van der Waals surface area contributed by atoms with Crippen LogP contribution in [0.5, 0.6) is 0 Å². The minimum Gasteiger partial charge on any atom is -0.352 e. The van der Waals surface area contributed by atoms with Crippen LogP contribution in [0.2, 0.25) is 0 Å². The molecule has 2 rings (SSSR count). The van der Waals surface area contributed by atoms with Crippen molar-refractivity contribution in [1.82, 2.24) is 10.2 Å². The van der Waals surface area contributed by atoms with E-state index in [1.165, 1.54) is 6.42 Å². The van der Waals surface area contributed by atoms with Gasteiger partial charge in [-0.3, -0.25) is 9.69 Å². The fourth-order valence-electron chi connectivity index (χ4n) is 2.35. The summed E-state index contributed by atoms with van der Waals surface area (Å²) in [6.45, 7) is 4.43. The predicted octanol–water partition coefficient (Wildman–Crippen LogP) is -0.0659. The van der Waals surface area contributed by atoms with Crippen molar-refractivity contribution >= 4 is 5.91 Å². The average Bonchev–Trinajstić information content (AvgIpc) is 2.92. The van der Waals surface area contributed by atoms with E-state index in [9.17, 15) is 4.79 Å². The average molecular weight is 211 g/mol. The van der Waals surface area contributed by atoms with Gasteiger partial charge in [-0.15, -0.1) is 0 Å². The van der Waals surface area contributed by atoms with Crippen molar-refractivity contribution in [2.75, 3.05) is 19.6 Å². The summed E-state index contributed by atoms with van der Waals surface area (Å²) in [5, 5.41) is 3.02. The van der Waals surface area contributed by atoms with E-state index in [0.29, 0.717) is 31.1 Å². The normalized spacial score (nSPS) is 31.9. The molecule has 1 aliphatic heterocycles. The van der Waals surface area contributed by atoms with E-state index in [1.807, 2.05) is 0 Å². The summed E-state index contributed by atoms with van der Waals surface area (Å²) in [7, 11) is 0. The fourth-order valence-corrected chi connectivity index (χ4v) is 2.35. The van der Waals surface area contributed by atoms with Crippen LogP contribution in [0, 0.1) is 5.92 Å². The molecule has 2 unspecified atom stereocenters. The summed E-state index contributed by atoms with van der Waals surface area (Å²) >= 11 is 0. The molecule has 4 heteroatoms. The van der Waals surface area contributed by atoms with Gasteiger partial charge in [0.05, 0.1) is 6.54 Å². The standard InChI is InChI=1S/C11H21N3O/c1-8-4-5-14(10(8)6-12)7-11(15)13-9-2-3-9/h8-10H,2-7,12H2,1H3,(H,13,15). The largest absolute Gasteiger partial charge is 0.352 e. The van der Waals surface area contributed by atoms with Crippen molar-refractivity contribution < 1.29 is 4.79 Å². The molecular formula is C11H21N3O. The van der Waals surface area contributed by atoms with Crippen LogP contribution in [0.25, 0.3) is 0 Å². The Kier molecular flexibility index (Phi) is 3.26. The summed E-state index contributed by atoms with van der Waals surface area (Å²) in [5.74, 6) is 0.800. The molecule has 0 aromatic carbocycles. The topological polar surface area (TPSA) is 58.4 Å². The number of carbonyl (C=O) groups excluding carboxylic acids is 1. The molecule has 1 amide bonds.